The minimum Gasteiger partial charge on any atom is -0.466 e. The van der Waals surface area contributed by atoms with Crippen LogP contribution < -0.4 is 10.6 Å². The van der Waals surface area contributed by atoms with Gasteiger partial charge in [0, 0.05) is 5.56 Å². The van der Waals surface area contributed by atoms with Crippen molar-refractivity contribution >= 4 is 5.91 Å². The number of rotatable bonds is 3. The molecule has 2 heterocycles. The Morgan fingerprint density at radius 3 is 2.84 bits per heavy atom. The molecule has 19 heavy (non-hydrogen) atoms. The predicted octanol–water partition coefficient (Wildman–Crippen LogP) is 2.46. The van der Waals surface area contributed by atoms with E-state index in [4.69, 9.17) is 4.42 Å². The van der Waals surface area contributed by atoms with Crippen LogP contribution >= 0.6 is 0 Å². The summed E-state index contributed by atoms with van der Waals surface area (Å²) < 4.78 is 5.51. The number of amides is 1. The first-order valence-corrected chi connectivity index (χ1v) is 7.08. The van der Waals surface area contributed by atoms with Crippen LogP contribution in [0.3, 0.4) is 0 Å². The number of nitrogens with one attached hydrogen (secondary N) is 2. The van der Waals surface area contributed by atoms with E-state index in [0.29, 0.717) is 5.92 Å². The molecule has 1 aliphatic heterocycles. The maximum absolute atomic E-state index is 12.2. The van der Waals surface area contributed by atoms with Crippen LogP contribution in [0.2, 0.25) is 0 Å². The van der Waals surface area contributed by atoms with E-state index >= 15 is 0 Å². The van der Waals surface area contributed by atoms with Crippen molar-refractivity contribution in [2.45, 2.75) is 52.6 Å². The zero-order valence-electron chi connectivity index (χ0n) is 12.2. The predicted molar refractivity (Wildman–Crippen MR) is 74.9 cm³/mol. The first kappa shape index (κ1) is 14.1. The fourth-order valence-corrected chi connectivity index (χ4v) is 2.78. The van der Waals surface area contributed by atoms with Crippen LogP contribution in [0.1, 0.15) is 49.8 Å². The average Bonchev–Trinajstić information content (AvgIpc) is 2.68. The molecule has 1 aromatic heterocycles. The van der Waals surface area contributed by atoms with Gasteiger partial charge in [-0.3, -0.25) is 4.79 Å². The number of aryl methyl sites for hydroxylation is 2. The second-order valence-electron chi connectivity index (χ2n) is 5.74. The normalized spacial score (nSPS) is 25.1. The zero-order valence-corrected chi connectivity index (χ0v) is 12.2. The SMILES string of the molecule is Cc1cc(C(C)NC(=O)C2CC(C)CCN2)c(C)o1. The van der Waals surface area contributed by atoms with Gasteiger partial charge in [-0.2, -0.15) is 0 Å². The molecule has 2 rings (SSSR count). The van der Waals surface area contributed by atoms with E-state index in [2.05, 4.69) is 17.6 Å². The molecule has 1 fully saturated rings. The molecule has 0 aromatic carbocycles. The van der Waals surface area contributed by atoms with E-state index in [1.54, 1.807) is 0 Å². The molecule has 0 saturated carbocycles. The summed E-state index contributed by atoms with van der Waals surface area (Å²) in [7, 11) is 0. The Bertz CT molecular complexity index is 453. The first-order chi connectivity index (χ1) is 8.97. The Hall–Kier alpha value is -1.29. The molecular formula is C15H24N2O2. The lowest BCUT2D eigenvalue weighted by Gasteiger charge is -2.28. The lowest BCUT2D eigenvalue weighted by Crippen LogP contribution is -2.48. The molecule has 1 aromatic rings. The molecule has 4 nitrogen and oxygen atoms in total. The first-order valence-electron chi connectivity index (χ1n) is 7.08. The highest BCUT2D eigenvalue weighted by Crippen LogP contribution is 2.22. The summed E-state index contributed by atoms with van der Waals surface area (Å²) in [5, 5.41) is 6.37. The molecular weight excluding hydrogens is 240 g/mol. The van der Waals surface area contributed by atoms with Crippen molar-refractivity contribution in [3.05, 3.63) is 23.2 Å². The van der Waals surface area contributed by atoms with E-state index in [1.807, 2.05) is 26.8 Å². The van der Waals surface area contributed by atoms with Crippen LogP contribution in [-0.4, -0.2) is 18.5 Å². The third-order valence-electron chi connectivity index (χ3n) is 3.89. The third kappa shape index (κ3) is 3.38. The Kier molecular flexibility index (Phi) is 4.30. The summed E-state index contributed by atoms with van der Waals surface area (Å²) in [5.74, 6) is 2.48. The fourth-order valence-electron chi connectivity index (χ4n) is 2.78. The number of carbonyl (C=O) groups is 1. The molecule has 2 N–H and O–H groups in total. The van der Waals surface area contributed by atoms with Crippen LogP contribution in [0.5, 0.6) is 0 Å². The van der Waals surface area contributed by atoms with Gasteiger partial charge in [-0.05, 0) is 52.1 Å². The molecule has 0 radical (unpaired) electrons. The zero-order chi connectivity index (χ0) is 14.0. The van der Waals surface area contributed by atoms with Gasteiger partial charge in [0.1, 0.15) is 11.5 Å². The number of carbonyl (C=O) groups excluding carboxylic acids is 1. The second-order valence-corrected chi connectivity index (χ2v) is 5.74. The molecule has 4 heteroatoms. The average molecular weight is 264 g/mol. The highest BCUT2D eigenvalue weighted by molar-refractivity contribution is 5.82. The summed E-state index contributed by atoms with van der Waals surface area (Å²) in [4.78, 5) is 12.2. The van der Waals surface area contributed by atoms with Gasteiger partial charge in [-0.15, -0.1) is 0 Å². The van der Waals surface area contributed by atoms with E-state index in [-0.39, 0.29) is 18.0 Å². The van der Waals surface area contributed by atoms with E-state index < -0.39 is 0 Å². The van der Waals surface area contributed by atoms with Crippen LogP contribution in [-0.2, 0) is 4.79 Å². The topological polar surface area (TPSA) is 54.3 Å². The minimum absolute atomic E-state index is 0.0102. The number of piperidine rings is 1. The molecule has 1 saturated heterocycles. The fraction of sp³-hybridized carbons (Fsp3) is 0.667. The van der Waals surface area contributed by atoms with Crippen molar-refractivity contribution in [3.8, 4) is 0 Å². The van der Waals surface area contributed by atoms with Gasteiger partial charge in [0.25, 0.3) is 0 Å². The van der Waals surface area contributed by atoms with Gasteiger partial charge < -0.3 is 15.1 Å². The molecule has 1 amide bonds. The molecule has 106 valence electrons. The molecule has 0 spiro atoms. The lowest BCUT2D eigenvalue weighted by atomic mass is 9.93. The third-order valence-corrected chi connectivity index (χ3v) is 3.89. The monoisotopic (exact) mass is 264 g/mol. The van der Waals surface area contributed by atoms with Crippen molar-refractivity contribution in [3.63, 3.8) is 0 Å². The van der Waals surface area contributed by atoms with Crippen LogP contribution in [0.4, 0.5) is 0 Å². The van der Waals surface area contributed by atoms with Gasteiger partial charge in [-0.25, -0.2) is 0 Å². The van der Waals surface area contributed by atoms with Crippen LogP contribution in [0.25, 0.3) is 0 Å². The Morgan fingerprint density at radius 2 is 2.26 bits per heavy atom. The smallest absolute Gasteiger partial charge is 0.237 e. The standard InChI is InChI=1S/C15H24N2O2/c1-9-5-6-16-14(7-9)15(18)17-11(3)13-8-10(2)19-12(13)4/h8-9,11,14,16H,5-7H2,1-4H3,(H,17,18). The van der Waals surface area contributed by atoms with Crippen molar-refractivity contribution in [1.29, 1.82) is 0 Å². The number of hydrogen-bond donors (Lipinski definition) is 2. The highest BCUT2D eigenvalue weighted by atomic mass is 16.3. The van der Waals surface area contributed by atoms with Gasteiger partial charge in [0.05, 0.1) is 12.1 Å². The van der Waals surface area contributed by atoms with Gasteiger partial charge in [-0.1, -0.05) is 6.92 Å². The maximum atomic E-state index is 12.2. The largest absolute Gasteiger partial charge is 0.466 e. The van der Waals surface area contributed by atoms with Gasteiger partial charge in [0.2, 0.25) is 5.91 Å². The summed E-state index contributed by atoms with van der Waals surface area (Å²) in [6.45, 7) is 8.99. The molecule has 1 aliphatic rings. The van der Waals surface area contributed by atoms with Gasteiger partial charge in [0.15, 0.2) is 0 Å². The summed E-state index contributed by atoms with van der Waals surface area (Å²) >= 11 is 0. The minimum atomic E-state index is -0.0560. The molecule has 0 bridgehead atoms. The van der Waals surface area contributed by atoms with Crippen molar-refractivity contribution in [2.75, 3.05) is 6.54 Å². The van der Waals surface area contributed by atoms with Crippen molar-refractivity contribution in [2.24, 2.45) is 5.92 Å². The highest BCUT2D eigenvalue weighted by Gasteiger charge is 2.26. The van der Waals surface area contributed by atoms with Gasteiger partial charge >= 0.3 is 0 Å². The quantitative estimate of drug-likeness (QED) is 0.881. The van der Waals surface area contributed by atoms with Crippen LogP contribution in [0.15, 0.2) is 10.5 Å². The summed E-state index contributed by atoms with van der Waals surface area (Å²) in [6, 6.07) is 1.93. The number of furan rings is 1. The Balaban J connectivity index is 1.96. The Morgan fingerprint density at radius 1 is 1.53 bits per heavy atom. The van der Waals surface area contributed by atoms with Crippen LogP contribution in [0, 0.1) is 19.8 Å². The van der Waals surface area contributed by atoms with E-state index in [0.717, 1.165) is 36.5 Å². The number of hydrogen-bond acceptors (Lipinski definition) is 3. The van der Waals surface area contributed by atoms with Crippen molar-refractivity contribution in [1.82, 2.24) is 10.6 Å². The molecule has 0 aliphatic carbocycles. The van der Waals surface area contributed by atoms with E-state index in [1.165, 1.54) is 0 Å². The van der Waals surface area contributed by atoms with E-state index in [9.17, 15) is 4.79 Å². The molecule has 3 atom stereocenters. The second kappa shape index (κ2) is 5.78. The maximum Gasteiger partial charge on any atom is 0.237 e. The lowest BCUT2D eigenvalue weighted by molar-refractivity contribution is -0.124. The summed E-state index contributed by atoms with van der Waals surface area (Å²) in [5.41, 5.74) is 1.06. The Labute approximate surface area is 114 Å². The summed E-state index contributed by atoms with van der Waals surface area (Å²) in [6.07, 6.45) is 2.07. The molecule has 3 unspecified atom stereocenters. The van der Waals surface area contributed by atoms with Crippen molar-refractivity contribution < 1.29 is 9.21 Å².